The first-order chi connectivity index (χ1) is 17.2. The summed E-state index contributed by atoms with van der Waals surface area (Å²) in [4.78, 5) is 12.6. The standard InChI is InChI=1S/C27H30F3N5O/c1-4-18-14-31-27(32-15-18)35-9-7-19(8-10-35)16-33(2)26-24(29)12-21(13-25(26)30)22-6-5-20(11-23(22)28)17-34(3)36/h5-6,11-15,17,19H,4,7-10,16H2,1-3H3/b34-17-. The van der Waals surface area contributed by atoms with Crippen LogP contribution >= 0.6 is 0 Å². The number of aryl methyl sites for hydroxylation is 1. The second-order valence-electron chi connectivity index (χ2n) is 9.26. The van der Waals surface area contributed by atoms with Crippen molar-refractivity contribution in [2.45, 2.75) is 26.2 Å². The number of hydrogen-bond acceptors (Lipinski definition) is 5. The monoisotopic (exact) mass is 497 g/mol. The van der Waals surface area contributed by atoms with Gasteiger partial charge in [0.2, 0.25) is 5.95 Å². The minimum Gasteiger partial charge on any atom is -0.624 e. The molecule has 1 aliphatic rings. The van der Waals surface area contributed by atoms with Crippen LogP contribution in [0.1, 0.15) is 30.9 Å². The highest BCUT2D eigenvalue weighted by Crippen LogP contribution is 2.32. The molecule has 3 aromatic rings. The Morgan fingerprint density at radius 3 is 2.25 bits per heavy atom. The van der Waals surface area contributed by atoms with Gasteiger partial charge in [-0.25, -0.2) is 27.9 Å². The van der Waals surface area contributed by atoms with Gasteiger partial charge in [0.1, 0.15) is 30.2 Å². The van der Waals surface area contributed by atoms with Crippen molar-refractivity contribution in [2.24, 2.45) is 5.92 Å². The minimum absolute atomic E-state index is 0.0641. The molecule has 0 atom stereocenters. The van der Waals surface area contributed by atoms with Gasteiger partial charge < -0.3 is 15.0 Å². The molecule has 36 heavy (non-hydrogen) atoms. The molecule has 2 aromatic carbocycles. The average molecular weight is 498 g/mol. The molecule has 0 saturated carbocycles. The van der Waals surface area contributed by atoms with Gasteiger partial charge in [-0.2, -0.15) is 0 Å². The number of hydroxylamine groups is 1. The highest BCUT2D eigenvalue weighted by atomic mass is 19.1. The van der Waals surface area contributed by atoms with Crippen molar-refractivity contribution in [3.8, 4) is 11.1 Å². The van der Waals surface area contributed by atoms with E-state index in [4.69, 9.17) is 0 Å². The van der Waals surface area contributed by atoms with E-state index in [-0.39, 0.29) is 22.7 Å². The van der Waals surface area contributed by atoms with Gasteiger partial charge in [0.25, 0.3) is 0 Å². The fourth-order valence-corrected chi connectivity index (χ4v) is 4.63. The molecule has 0 bridgehead atoms. The molecule has 1 aliphatic heterocycles. The number of nitrogens with zero attached hydrogens (tertiary/aromatic N) is 5. The molecule has 0 unspecified atom stereocenters. The lowest BCUT2D eigenvalue weighted by atomic mass is 9.96. The quantitative estimate of drug-likeness (QED) is 0.198. The van der Waals surface area contributed by atoms with Gasteiger partial charge >= 0.3 is 0 Å². The summed E-state index contributed by atoms with van der Waals surface area (Å²) < 4.78 is 45.2. The van der Waals surface area contributed by atoms with E-state index in [2.05, 4.69) is 21.8 Å². The van der Waals surface area contributed by atoms with Gasteiger partial charge in [-0.15, -0.1) is 0 Å². The predicted octanol–water partition coefficient (Wildman–Crippen LogP) is 5.04. The molecule has 1 fully saturated rings. The van der Waals surface area contributed by atoms with Crippen molar-refractivity contribution in [3.63, 3.8) is 0 Å². The fraction of sp³-hybridized carbons (Fsp3) is 0.370. The zero-order chi connectivity index (χ0) is 25.8. The number of benzene rings is 2. The first-order valence-corrected chi connectivity index (χ1v) is 12.1. The second-order valence-corrected chi connectivity index (χ2v) is 9.26. The maximum atomic E-state index is 15.0. The number of hydrogen-bond donors (Lipinski definition) is 0. The highest BCUT2D eigenvalue weighted by molar-refractivity contribution is 5.78. The van der Waals surface area contributed by atoms with Crippen molar-refractivity contribution in [3.05, 3.63) is 76.5 Å². The molecule has 9 heteroatoms. The topological polar surface area (TPSA) is 58.3 Å². The van der Waals surface area contributed by atoms with Crippen LogP contribution in [0, 0.1) is 28.6 Å². The number of rotatable bonds is 7. The van der Waals surface area contributed by atoms with Gasteiger partial charge in [0.05, 0.1) is 0 Å². The fourth-order valence-electron chi connectivity index (χ4n) is 4.63. The van der Waals surface area contributed by atoms with E-state index in [9.17, 15) is 9.60 Å². The largest absolute Gasteiger partial charge is 0.624 e. The lowest BCUT2D eigenvalue weighted by Gasteiger charge is -2.34. The molecule has 0 spiro atoms. The molecule has 2 heterocycles. The summed E-state index contributed by atoms with van der Waals surface area (Å²) in [5.74, 6) is -1.18. The molecule has 0 radical (unpaired) electrons. The highest BCUT2D eigenvalue weighted by Gasteiger charge is 2.24. The third kappa shape index (κ3) is 5.78. The van der Waals surface area contributed by atoms with Gasteiger partial charge in [0, 0.05) is 50.2 Å². The predicted molar refractivity (Wildman–Crippen MR) is 136 cm³/mol. The summed E-state index contributed by atoms with van der Waals surface area (Å²) in [7, 11) is 2.96. The molecule has 0 N–H and O–H groups in total. The molecule has 0 aliphatic carbocycles. The Kier molecular flexibility index (Phi) is 7.76. The summed E-state index contributed by atoms with van der Waals surface area (Å²) in [6.07, 6.45) is 7.52. The van der Waals surface area contributed by atoms with Crippen molar-refractivity contribution in [1.82, 2.24) is 9.97 Å². The van der Waals surface area contributed by atoms with E-state index >= 15 is 8.78 Å². The lowest BCUT2D eigenvalue weighted by Crippen LogP contribution is -2.39. The summed E-state index contributed by atoms with van der Waals surface area (Å²) in [6.45, 7) is 4.12. The van der Waals surface area contributed by atoms with E-state index < -0.39 is 17.5 Å². The summed E-state index contributed by atoms with van der Waals surface area (Å²) >= 11 is 0. The normalized spacial score (nSPS) is 14.8. The number of anilines is 2. The Bertz CT molecular complexity index is 1210. The first kappa shape index (κ1) is 25.5. The molecule has 4 rings (SSSR count). The third-order valence-corrected chi connectivity index (χ3v) is 6.56. The Hall–Kier alpha value is -3.62. The SMILES string of the molecule is CCc1cnc(N2CCC(CN(C)c3c(F)cc(-c4ccc(/C=[N+](/C)[O-])cc4F)cc3F)CC2)nc1. The van der Waals surface area contributed by atoms with Crippen molar-refractivity contribution in [1.29, 1.82) is 0 Å². The zero-order valence-corrected chi connectivity index (χ0v) is 20.7. The minimum atomic E-state index is -0.747. The second kappa shape index (κ2) is 11.0. The van der Waals surface area contributed by atoms with Crippen LogP contribution in [-0.4, -0.2) is 54.7 Å². The molecular weight excluding hydrogens is 467 g/mol. The van der Waals surface area contributed by atoms with E-state index in [1.807, 2.05) is 12.4 Å². The smallest absolute Gasteiger partial charge is 0.225 e. The van der Waals surface area contributed by atoms with Crippen LogP contribution in [0.3, 0.4) is 0 Å². The van der Waals surface area contributed by atoms with E-state index in [1.165, 1.54) is 25.4 Å². The van der Waals surface area contributed by atoms with Gasteiger partial charge in [-0.1, -0.05) is 13.0 Å². The average Bonchev–Trinajstić information content (AvgIpc) is 2.84. The molecule has 1 aromatic heterocycles. The molecule has 1 saturated heterocycles. The lowest BCUT2D eigenvalue weighted by molar-refractivity contribution is -0.416. The van der Waals surface area contributed by atoms with Crippen molar-refractivity contribution < 1.29 is 17.9 Å². The van der Waals surface area contributed by atoms with Crippen LogP contribution in [0.4, 0.5) is 24.8 Å². The van der Waals surface area contributed by atoms with Crippen LogP contribution in [0.2, 0.25) is 0 Å². The summed E-state index contributed by atoms with van der Waals surface area (Å²) in [5.41, 5.74) is 1.49. The zero-order valence-electron chi connectivity index (χ0n) is 20.7. The van der Waals surface area contributed by atoms with Crippen LogP contribution in [0.15, 0.2) is 42.7 Å². The van der Waals surface area contributed by atoms with Crippen LogP contribution in [-0.2, 0) is 6.42 Å². The van der Waals surface area contributed by atoms with Crippen LogP contribution in [0.25, 0.3) is 11.1 Å². The number of aromatic nitrogens is 2. The van der Waals surface area contributed by atoms with E-state index in [0.29, 0.717) is 22.8 Å². The maximum Gasteiger partial charge on any atom is 0.225 e. The molecule has 6 nitrogen and oxygen atoms in total. The van der Waals surface area contributed by atoms with Crippen LogP contribution in [0.5, 0.6) is 0 Å². The van der Waals surface area contributed by atoms with Crippen molar-refractivity contribution in [2.75, 3.05) is 43.5 Å². The molecule has 0 amide bonds. The van der Waals surface area contributed by atoms with E-state index in [0.717, 1.165) is 56.1 Å². The van der Waals surface area contributed by atoms with Crippen molar-refractivity contribution >= 4 is 17.9 Å². The maximum absolute atomic E-state index is 15.0. The molecule has 190 valence electrons. The summed E-state index contributed by atoms with van der Waals surface area (Å²) in [5, 5.41) is 11.1. The summed E-state index contributed by atoms with van der Waals surface area (Å²) in [6, 6.07) is 6.40. The number of halogens is 3. The number of piperidine rings is 1. The van der Waals surface area contributed by atoms with Gasteiger partial charge in [-0.05, 0) is 60.6 Å². The third-order valence-electron chi connectivity index (χ3n) is 6.56. The first-order valence-electron chi connectivity index (χ1n) is 12.1. The Morgan fingerprint density at radius 2 is 1.69 bits per heavy atom. The Balaban J connectivity index is 1.42. The van der Waals surface area contributed by atoms with Gasteiger partial charge in [0.15, 0.2) is 6.21 Å². The van der Waals surface area contributed by atoms with Gasteiger partial charge in [-0.3, -0.25) is 0 Å². The molecular formula is C27H30F3N5O. The van der Waals surface area contributed by atoms with Crippen LogP contribution < -0.4 is 9.80 Å². The van der Waals surface area contributed by atoms with E-state index in [1.54, 1.807) is 11.9 Å². The Labute approximate surface area is 209 Å². The Morgan fingerprint density at radius 1 is 1.06 bits per heavy atom.